The van der Waals surface area contributed by atoms with E-state index in [1.54, 1.807) is 6.20 Å². The number of rotatable bonds is 4. The number of piperidine rings is 1. The predicted molar refractivity (Wildman–Crippen MR) is 118 cm³/mol. The number of H-pyrrole nitrogens is 2. The fourth-order valence-electron chi connectivity index (χ4n) is 4.29. The first-order chi connectivity index (χ1) is 14.6. The van der Waals surface area contributed by atoms with Crippen LogP contribution in [0.5, 0.6) is 0 Å². The van der Waals surface area contributed by atoms with E-state index in [-0.39, 0.29) is 0 Å². The van der Waals surface area contributed by atoms with Crippen molar-refractivity contribution in [3.05, 3.63) is 41.9 Å². The molecule has 0 saturated carbocycles. The number of aryl methyl sites for hydroxylation is 1. The Morgan fingerprint density at radius 3 is 2.83 bits per heavy atom. The van der Waals surface area contributed by atoms with Crippen LogP contribution in [0.15, 0.2) is 30.6 Å². The molecule has 30 heavy (non-hydrogen) atoms. The zero-order valence-corrected chi connectivity index (χ0v) is 17.3. The molecule has 4 heterocycles. The highest BCUT2D eigenvalue weighted by atomic mass is 15.1. The van der Waals surface area contributed by atoms with E-state index in [9.17, 15) is 0 Å². The summed E-state index contributed by atoms with van der Waals surface area (Å²) >= 11 is 0. The lowest BCUT2D eigenvalue weighted by molar-refractivity contribution is 0.253. The van der Waals surface area contributed by atoms with Gasteiger partial charge in [-0.2, -0.15) is 5.10 Å². The lowest BCUT2D eigenvalue weighted by Gasteiger charge is -2.28. The monoisotopic (exact) mass is 402 g/mol. The average molecular weight is 403 g/mol. The van der Waals surface area contributed by atoms with Crippen molar-refractivity contribution in [2.24, 2.45) is 0 Å². The second-order valence-electron chi connectivity index (χ2n) is 8.00. The van der Waals surface area contributed by atoms with E-state index < -0.39 is 0 Å². The number of nitrogens with zero attached hydrogens (tertiary/aromatic N) is 5. The van der Waals surface area contributed by atoms with E-state index in [1.165, 1.54) is 5.56 Å². The highest BCUT2D eigenvalue weighted by Crippen LogP contribution is 2.34. The van der Waals surface area contributed by atoms with E-state index in [0.29, 0.717) is 23.3 Å². The third kappa shape index (κ3) is 3.23. The second kappa shape index (κ2) is 7.53. The summed E-state index contributed by atoms with van der Waals surface area (Å²) in [7, 11) is 2.16. The normalized spacial score (nSPS) is 15.8. The third-order valence-corrected chi connectivity index (χ3v) is 6.05. The van der Waals surface area contributed by atoms with E-state index in [1.807, 2.05) is 18.3 Å². The summed E-state index contributed by atoms with van der Waals surface area (Å²) in [6, 6.07) is 6.15. The number of hydrogen-bond donors (Lipinski definition) is 3. The van der Waals surface area contributed by atoms with E-state index in [2.05, 4.69) is 45.1 Å². The number of aromatic nitrogens is 6. The van der Waals surface area contributed by atoms with Gasteiger partial charge in [-0.1, -0.05) is 19.1 Å². The van der Waals surface area contributed by atoms with Gasteiger partial charge in [0.2, 0.25) is 0 Å². The van der Waals surface area contributed by atoms with Gasteiger partial charge in [0, 0.05) is 17.7 Å². The van der Waals surface area contributed by atoms with Crippen LogP contribution in [0.1, 0.15) is 36.9 Å². The molecule has 0 amide bonds. The number of aromatic amines is 2. The number of imidazole rings is 1. The lowest BCUT2D eigenvalue weighted by atomic mass is 9.91. The second-order valence-corrected chi connectivity index (χ2v) is 8.00. The van der Waals surface area contributed by atoms with Crippen molar-refractivity contribution < 1.29 is 0 Å². The highest BCUT2D eigenvalue weighted by Gasteiger charge is 2.25. The van der Waals surface area contributed by atoms with Gasteiger partial charge < -0.3 is 15.6 Å². The molecule has 1 saturated heterocycles. The van der Waals surface area contributed by atoms with Crippen molar-refractivity contribution >= 4 is 16.9 Å². The van der Waals surface area contributed by atoms with Crippen LogP contribution in [0.3, 0.4) is 0 Å². The zero-order valence-electron chi connectivity index (χ0n) is 17.3. The quantitative estimate of drug-likeness (QED) is 0.482. The molecule has 4 aromatic rings. The van der Waals surface area contributed by atoms with Crippen LogP contribution in [0.2, 0.25) is 0 Å². The van der Waals surface area contributed by atoms with Crippen molar-refractivity contribution in [2.75, 3.05) is 25.9 Å². The SMILES string of the molecule is CCc1cccc2[nH]c(-c3nc(-c4c[nH]nc4C4CCN(C)CC4)cnc3N)nc12. The summed E-state index contributed by atoms with van der Waals surface area (Å²) in [6.07, 6.45) is 6.73. The Kier molecular flexibility index (Phi) is 4.71. The maximum absolute atomic E-state index is 6.20. The number of nitrogens with two attached hydrogens (primary N) is 1. The summed E-state index contributed by atoms with van der Waals surface area (Å²) in [5.41, 5.74) is 12.7. The summed E-state index contributed by atoms with van der Waals surface area (Å²) < 4.78 is 0. The first-order valence-electron chi connectivity index (χ1n) is 10.5. The maximum atomic E-state index is 6.20. The number of anilines is 1. The van der Waals surface area contributed by atoms with Gasteiger partial charge >= 0.3 is 0 Å². The molecule has 4 N–H and O–H groups in total. The molecule has 0 aliphatic carbocycles. The predicted octanol–water partition coefficient (Wildman–Crippen LogP) is 3.36. The first-order valence-corrected chi connectivity index (χ1v) is 10.5. The Labute approximate surface area is 175 Å². The van der Waals surface area contributed by atoms with Crippen LogP contribution in [0, 0.1) is 0 Å². The van der Waals surface area contributed by atoms with E-state index in [0.717, 1.165) is 60.3 Å². The average Bonchev–Trinajstić information content (AvgIpc) is 3.41. The third-order valence-electron chi connectivity index (χ3n) is 6.05. The number of fused-ring (bicyclic) bond motifs is 1. The van der Waals surface area contributed by atoms with Crippen molar-refractivity contribution in [3.8, 4) is 22.8 Å². The molecule has 1 aromatic carbocycles. The Morgan fingerprint density at radius 1 is 1.20 bits per heavy atom. The van der Waals surface area contributed by atoms with Gasteiger partial charge in [-0.05, 0) is 51.0 Å². The molecule has 8 nitrogen and oxygen atoms in total. The molecule has 0 atom stereocenters. The molecule has 3 aromatic heterocycles. The zero-order chi connectivity index (χ0) is 20.7. The Hall–Kier alpha value is -3.26. The molecule has 0 radical (unpaired) electrons. The molecule has 0 bridgehead atoms. The van der Waals surface area contributed by atoms with Crippen LogP contribution >= 0.6 is 0 Å². The molecule has 0 spiro atoms. The summed E-state index contributed by atoms with van der Waals surface area (Å²) in [6.45, 7) is 4.28. The fourth-order valence-corrected chi connectivity index (χ4v) is 4.29. The van der Waals surface area contributed by atoms with E-state index >= 15 is 0 Å². The minimum Gasteiger partial charge on any atom is -0.382 e. The van der Waals surface area contributed by atoms with Gasteiger partial charge in [-0.25, -0.2) is 15.0 Å². The first kappa shape index (κ1) is 18.7. The number of benzene rings is 1. The van der Waals surface area contributed by atoms with Crippen LogP contribution in [-0.2, 0) is 6.42 Å². The van der Waals surface area contributed by atoms with Crippen LogP contribution in [-0.4, -0.2) is 55.2 Å². The van der Waals surface area contributed by atoms with Gasteiger partial charge in [0.1, 0.15) is 5.69 Å². The lowest BCUT2D eigenvalue weighted by Crippen LogP contribution is -2.29. The molecule has 1 fully saturated rings. The maximum Gasteiger partial charge on any atom is 0.161 e. The Balaban J connectivity index is 1.55. The largest absolute Gasteiger partial charge is 0.382 e. The summed E-state index contributed by atoms with van der Waals surface area (Å²) in [5.74, 6) is 1.42. The number of hydrogen-bond acceptors (Lipinski definition) is 6. The molecule has 1 aliphatic heterocycles. The minimum absolute atomic E-state index is 0.361. The molecule has 5 rings (SSSR count). The number of nitrogens with one attached hydrogen (secondary N) is 2. The number of likely N-dealkylation sites (tertiary alicyclic amines) is 1. The molecular formula is C22H26N8. The molecule has 8 heteroatoms. The van der Waals surface area contributed by atoms with E-state index in [4.69, 9.17) is 15.7 Å². The number of para-hydroxylation sites is 1. The van der Waals surface area contributed by atoms with Crippen LogP contribution in [0.4, 0.5) is 5.82 Å². The molecular weight excluding hydrogens is 376 g/mol. The summed E-state index contributed by atoms with van der Waals surface area (Å²) in [4.78, 5) is 19.8. The van der Waals surface area contributed by atoms with Crippen LogP contribution < -0.4 is 5.73 Å². The Bertz CT molecular complexity index is 1180. The van der Waals surface area contributed by atoms with Gasteiger partial charge in [-0.15, -0.1) is 0 Å². The van der Waals surface area contributed by atoms with Crippen molar-refractivity contribution in [2.45, 2.75) is 32.1 Å². The molecule has 154 valence electrons. The van der Waals surface area contributed by atoms with Gasteiger partial charge in [0.05, 0.1) is 28.6 Å². The Morgan fingerprint density at radius 2 is 2.03 bits per heavy atom. The smallest absolute Gasteiger partial charge is 0.161 e. The van der Waals surface area contributed by atoms with Crippen molar-refractivity contribution in [1.82, 2.24) is 35.0 Å². The minimum atomic E-state index is 0.361. The van der Waals surface area contributed by atoms with Crippen LogP contribution in [0.25, 0.3) is 33.8 Å². The molecule has 0 unspecified atom stereocenters. The van der Waals surface area contributed by atoms with Crippen molar-refractivity contribution in [1.29, 1.82) is 0 Å². The topological polar surface area (TPSA) is 112 Å². The molecule has 1 aliphatic rings. The van der Waals surface area contributed by atoms with Gasteiger partial charge in [0.25, 0.3) is 0 Å². The highest BCUT2D eigenvalue weighted by molar-refractivity contribution is 5.83. The van der Waals surface area contributed by atoms with Gasteiger partial charge in [0.15, 0.2) is 11.6 Å². The van der Waals surface area contributed by atoms with Gasteiger partial charge in [-0.3, -0.25) is 5.10 Å². The number of nitrogen functional groups attached to an aromatic ring is 1. The van der Waals surface area contributed by atoms with Crippen molar-refractivity contribution in [3.63, 3.8) is 0 Å². The fraction of sp³-hybridized carbons (Fsp3) is 0.364. The summed E-state index contributed by atoms with van der Waals surface area (Å²) in [5, 5.41) is 7.59. The standard InChI is InChI=1S/C22H26N8/c1-3-13-5-4-6-16-19(13)28-22(27-16)20-21(23)24-12-17(26-20)15-11-25-29-18(15)14-7-9-30(2)10-8-14/h4-6,11-12,14H,3,7-10H2,1-2H3,(H2,23,24)(H,25,29)(H,27,28).